The van der Waals surface area contributed by atoms with E-state index in [-0.39, 0.29) is 24.2 Å². The lowest BCUT2D eigenvalue weighted by Gasteiger charge is -2.36. The number of rotatable bonds is 5. The lowest BCUT2D eigenvalue weighted by atomic mass is 9.90. The van der Waals surface area contributed by atoms with Gasteiger partial charge in [-0.15, -0.1) is 0 Å². The molecule has 1 aliphatic heterocycles. The fourth-order valence-corrected chi connectivity index (χ4v) is 3.66. The average Bonchev–Trinajstić information content (AvgIpc) is 2.66. The summed E-state index contributed by atoms with van der Waals surface area (Å²) in [7, 11) is 0. The van der Waals surface area contributed by atoms with E-state index in [0.717, 1.165) is 24.8 Å². The van der Waals surface area contributed by atoms with Crippen LogP contribution in [0.25, 0.3) is 0 Å². The van der Waals surface area contributed by atoms with E-state index in [1.54, 1.807) is 6.92 Å². The molecule has 0 radical (unpaired) electrons. The minimum atomic E-state index is -0.169. The van der Waals surface area contributed by atoms with Gasteiger partial charge >= 0.3 is 0 Å². The molecular formula is C22H24N2O2. The maximum absolute atomic E-state index is 11.6. The summed E-state index contributed by atoms with van der Waals surface area (Å²) in [6, 6.07) is 20.2. The summed E-state index contributed by atoms with van der Waals surface area (Å²) in [6.07, 6.45) is 3.21. The molecule has 134 valence electrons. The van der Waals surface area contributed by atoms with E-state index in [1.165, 1.54) is 5.56 Å². The highest BCUT2D eigenvalue weighted by Crippen LogP contribution is 2.34. The standard InChI is InChI=1S/C22H24N2O2/c1-16(25)24-19-13-20(12-11-17-7-3-2-4-8-17)26-22(14-19)21-10-6-5-9-18(21)15-23/h2-10,19-20,22H,11-14H2,1H3,(H,24,25)/t19-,20+,22+/m1/s1. The highest BCUT2D eigenvalue weighted by Gasteiger charge is 2.31. The fraction of sp³-hybridized carbons (Fsp3) is 0.364. The van der Waals surface area contributed by atoms with Crippen LogP contribution in [0.4, 0.5) is 0 Å². The molecule has 1 heterocycles. The lowest BCUT2D eigenvalue weighted by Crippen LogP contribution is -2.42. The smallest absolute Gasteiger partial charge is 0.217 e. The molecule has 0 aromatic heterocycles. The zero-order chi connectivity index (χ0) is 18.4. The normalized spacial score (nSPS) is 22.4. The van der Waals surface area contributed by atoms with Crippen molar-refractivity contribution >= 4 is 5.91 Å². The summed E-state index contributed by atoms with van der Waals surface area (Å²) in [4.78, 5) is 11.6. The molecule has 3 atom stereocenters. The maximum atomic E-state index is 11.6. The Balaban J connectivity index is 1.74. The molecule has 1 fully saturated rings. The molecule has 2 aromatic carbocycles. The van der Waals surface area contributed by atoms with Crippen LogP contribution in [0.5, 0.6) is 0 Å². The van der Waals surface area contributed by atoms with Crippen molar-refractivity contribution in [1.82, 2.24) is 5.32 Å². The number of hydrogen-bond acceptors (Lipinski definition) is 3. The van der Waals surface area contributed by atoms with Crippen LogP contribution in [0.3, 0.4) is 0 Å². The molecule has 3 rings (SSSR count). The second kappa shape index (κ2) is 8.64. The van der Waals surface area contributed by atoms with Crippen molar-refractivity contribution in [3.05, 3.63) is 71.3 Å². The van der Waals surface area contributed by atoms with Gasteiger partial charge in [-0.25, -0.2) is 0 Å². The van der Waals surface area contributed by atoms with Crippen molar-refractivity contribution in [3.8, 4) is 6.07 Å². The van der Waals surface area contributed by atoms with Gasteiger partial charge in [0.15, 0.2) is 0 Å². The number of aryl methyl sites for hydroxylation is 1. The lowest BCUT2D eigenvalue weighted by molar-refractivity contribution is -0.122. The van der Waals surface area contributed by atoms with E-state index < -0.39 is 0 Å². The van der Waals surface area contributed by atoms with Gasteiger partial charge in [0.1, 0.15) is 0 Å². The van der Waals surface area contributed by atoms with Gasteiger partial charge < -0.3 is 10.1 Å². The van der Waals surface area contributed by atoms with Gasteiger partial charge in [-0.3, -0.25) is 4.79 Å². The molecule has 1 aliphatic rings. The van der Waals surface area contributed by atoms with Crippen molar-refractivity contribution in [2.75, 3.05) is 0 Å². The second-order valence-corrected chi connectivity index (χ2v) is 6.84. The van der Waals surface area contributed by atoms with E-state index in [0.29, 0.717) is 12.0 Å². The predicted octanol–water partition coefficient (Wildman–Crippen LogP) is 3.92. The first kappa shape index (κ1) is 18.2. The van der Waals surface area contributed by atoms with Gasteiger partial charge in [0.05, 0.1) is 23.8 Å². The Hall–Kier alpha value is -2.64. The summed E-state index contributed by atoms with van der Waals surface area (Å²) in [5.74, 6) is -0.0222. The van der Waals surface area contributed by atoms with Crippen LogP contribution in [-0.2, 0) is 16.0 Å². The molecule has 0 spiro atoms. The van der Waals surface area contributed by atoms with Gasteiger partial charge in [-0.2, -0.15) is 5.26 Å². The Morgan fingerprint density at radius 2 is 1.88 bits per heavy atom. The van der Waals surface area contributed by atoms with Crippen molar-refractivity contribution in [2.45, 2.75) is 50.9 Å². The minimum absolute atomic E-state index is 0.0222. The first-order valence-electron chi connectivity index (χ1n) is 9.11. The summed E-state index contributed by atoms with van der Waals surface area (Å²) in [5.41, 5.74) is 2.84. The first-order valence-corrected chi connectivity index (χ1v) is 9.11. The molecule has 1 amide bonds. The summed E-state index contributed by atoms with van der Waals surface area (Å²) < 4.78 is 6.35. The van der Waals surface area contributed by atoms with Crippen LogP contribution in [0.1, 0.15) is 49.0 Å². The minimum Gasteiger partial charge on any atom is -0.370 e. The van der Waals surface area contributed by atoms with Gasteiger partial charge in [0.25, 0.3) is 0 Å². The Morgan fingerprint density at radius 1 is 1.15 bits per heavy atom. The van der Waals surface area contributed by atoms with Crippen LogP contribution in [-0.4, -0.2) is 18.1 Å². The Bertz CT molecular complexity index is 782. The van der Waals surface area contributed by atoms with E-state index in [4.69, 9.17) is 4.74 Å². The van der Waals surface area contributed by atoms with E-state index in [9.17, 15) is 10.1 Å². The third-order valence-corrected chi connectivity index (χ3v) is 4.84. The maximum Gasteiger partial charge on any atom is 0.217 e. The van der Waals surface area contributed by atoms with Crippen LogP contribution in [0.15, 0.2) is 54.6 Å². The second-order valence-electron chi connectivity index (χ2n) is 6.84. The van der Waals surface area contributed by atoms with Gasteiger partial charge in [-0.05, 0) is 42.9 Å². The summed E-state index contributed by atoms with van der Waals surface area (Å²) >= 11 is 0. The number of amides is 1. The molecule has 0 saturated carbocycles. The Morgan fingerprint density at radius 3 is 2.62 bits per heavy atom. The first-order chi connectivity index (χ1) is 12.7. The molecule has 2 aromatic rings. The molecule has 4 heteroatoms. The predicted molar refractivity (Wildman–Crippen MR) is 100 cm³/mol. The zero-order valence-corrected chi connectivity index (χ0v) is 15.0. The highest BCUT2D eigenvalue weighted by atomic mass is 16.5. The zero-order valence-electron chi connectivity index (χ0n) is 15.0. The van der Waals surface area contributed by atoms with Crippen molar-refractivity contribution in [3.63, 3.8) is 0 Å². The Labute approximate surface area is 154 Å². The number of benzene rings is 2. The third kappa shape index (κ3) is 4.71. The number of nitrogens with one attached hydrogen (secondary N) is 1. The van der Waals surface area contributed by atoms with E-state index in [1.807, 2.05) is 42.5 Å². The number of hydrogen-bond donors (Lipinski definition) is 1. The average molecular weight is 348 g/mol. The van der Waals surface area contributed by atoms with Crippen LogP contribution < -0.4 is 5.32 Å². The van der Waals surface area contributed by atoms with Crippen molar-refractivity contribution in [1.29, 1.82) is 5.26 Å². The molecular weight excluding hydrogens is 324 g/mol. The van der Waals surface area contributed by atoms with Gasteiger partial charge in [0, 0.05) is 13.0 Å². The number of carbonyl (C=O) groups is 1. The molecule has 26 heavy (non-hydrogen) atoms. The number of carbonyl (C=O) groups excluding carboxylic acids is 1. The van der Waals surface area contributed by atoms with E-state index >= 15 is 0 Å². The van der Waals surface area contributed by atoms with Gasteiger partial charge in [0.2, 0.25) is 5.91 Å². The van der Waals surface area contributed by atoms with Crippen molar-refractivity contribution < 1.29 is 9.53 Å². The monoisotopic (exact) mass is 348 g/mol. The molecule has 0 bridgehead atoms. The van der Waals surface area contributed by atoms with Crippen LogP contribution >= 0.6 is 0 Å². The number of nitriles is 1. The summed E-state index contributed by atoms with van der Waals surface area (Å²) in [6.45, 7) is 1.55. The number of nitrogens with zero attached hydrogens (tertiary/aromatic N) is 1. The largest absolute Gasteiger partial charge is 0.370 e. The van der Waals surface area contributed by atoms with Gasteiger partial charge in [-0.1, -0.05) is 48.5 Å². The molecule has 4 nitrogen and oxygen atoms in total. The molecule has 1 N–H and O–H groups in total. The molecule has 0 unspecified atom stereocenters. The topological polar surface area (TPSA) is 62.1 Å². The molecule has 0 aliphatic carbocycles. The van der Waals surface area contributed by atoms with E-state index in [2.05, 4.69) is 23.5 Å². The van der Waals surface area contributed by atoms with Crippen LogP contribution in [0, 0.1) is 11.3 Å². The highest BCUT2D eigenvalue weighted by molar-refractivity contribution is 5.73. The Kier molecular flexibility index (Phi) is 6.04. The SMILES string of the molecule is CC(=O)N[C@@H]1C[C@H](CCc2ccccc2)O[C@H](c2ccccc2C#N)C1. The number of ether oxygens (including phenoxy) is 1. The molecule has 1 saturated heterocycles. The van der Waals surface area contributed by atoms with Crippen LogP contribution in [0.2, 0.25) is 0 Å². The van der Waals surface area contributed by atoms with Crippen molar-refractivity contribution in [2.24, 2.45) is 0 Å². The summed E-state index contributed by atoms with van der Waals surface area (Å²) in [5, 5.41) is 12.4. The fourth-order valence-electron chi connectivity index (χ4n) is 3.66. The quantitative estimate of drug-likeness (QED) is 0.891. The third-order valence-electron chi connectivity index (χ3n) is 4.84.